The molecule has 1 aliphatic rings. The summed E-state index contributed by atoms with van der Waals surface area (Å²) in [7, 11) is 0. The van der Waals surface area contributed by atoms with E-state index in [9.17, 15) is 13.2 Å². The van der Waals surface area contributed by atoms with Crippen LogP contribution in [0.1, 0.15) is 32.1 Å². The lowest BCUT2D eigenvalue weighted by Crippen LogP contribution is -2.18. The second-order valence-electron chi connectivity index (χ2n) is 6.80. The molecule has 1 heterocycles. The zero-order valence-electron chi connectivity index (χ0n) is 15.5. The molecule has 1 fully saturated rings. The Kier molecular flexibility index (Phi) is 8.00. The SMILES string of the molecule is Cl.NCCn1cc(-c2ccc(OC(F)(F)F)cc2OCC2CCCCC2)cn1. The molecule has 9 heteroatoms. The van der Waals surface area contributed by atoms with Crippen molar-refractivity contribution in [3.63, 3.8) is 0 Å². The molecule has 2 aromatic rings. The van der Waals surface area contributed by atoms with E-state index in [4.69, 9.17) is 10.5 Å². The van der Waals surface area contributed by atoms with Gasteiger partial charge in [0.05, 0.1) is 19.3 Å². The number of nitrogens with two attached hydrogens (primary N) is 1. The molecule has 0 radical (unpaired) electrons. The summed E-state index contributed by atoms with van der Waals surface area (Å²) in [6.45, 7) is 1.50. The van der Waals surface area contributed by atoms with Crippen LogP contribution in [0, 0.1) is 5.92 Å². The largest absolute Gasteiger partial charge is 0.573 e. The molecule has 0 aliphatic heterocycles. The van der Waals surface area contributed by atoms with E-state index in [0.29, 0.717) is 36.9 Å². The fourth-order valence-electron chi connectivity index (χ4n) is 3.38. The van der Waals surface area contributed by atoms with Crippen LogP contribution in [0.2, 0.25) is 0 Å². The van der Waals surface area contributed by atoms with Crippen molar-refractivity contribution in [3.8, 4) is 22.6 Å². The minimum absolute atomic E-state index is 0. The number of ether oxygens (including phenoxy) is 2. The van der Waals surface area contributed by atoms with Gasteiger partial charge in [0.2, 0.25) is 0 Å². The van der Waals surface area contributed by atoms with Crippen LogP contribution in [0.15, 0.2) is 30.6 Å². The van der Waals surface area contributed by atoms with Gasteiger partial charge in [-0.1, -0.05) is 19.3 Å². The first-order chi connectivity index (χ1) is 12.9. The molecule has 3 rings (SSSR count). The smallest absolute Gasteiger partial charge is 0.493 e. The van der Waals surface area contributed by atoms with E-state index in [0.717, 1.165) is 18.4 Å². The number of halogens is 4. The molecule has 1 aliphatic carbocycles. The molecule has 0 bridgehead atoms. The van der Waals surface area contributed by atoms with Gasteiger partial charge < -0.3 is 15.2 Å². The minimum Gasteiger partial charge on any atom is -0.493 e. The molecular formula is C19H25ClF3N3O2. The molecular weight excluding hydrogens is 395 g/mol. The van der Waals surface area contributed by atoms with Crippen molar-refractivity contribution in [1.29, 1.82) is 0 Å². The van der Waals surface area contributed by atoms with Gasteiger partial charge in [-0.3, -0.25) is 4.68 Å². The monoisotopic (exact) mass is 419 g/mol. The number of alkyl halides is 3. The van der Waals surface area contributed by atoms with Gasteiger partial charge in [-0.25, -0.2) is 0 Å². The van der Waals surface area contributed by atoms with Crippen LogP contribution >= 0.6 is 12.4 Å². The third-order valence-corrected chi connectivity index (χ3v) is 4.69. The molecule has 0 unspecified atom stereocenters. The maximum Gasteiger partial charge on any atom is 0.573 e. The number of hydrogen-bond acceptors (Lipinski definition) is 4. The molecule has 1 saturated carbocycles. The average Bonchev–Trinajstić information content (AvgIpc) is 3.08. The Hall–Kier alpha value is -1.93. The van der Waals surface area contributed by atoms with Crippen LogP contribution in [0.5, 0.6) is 11.5 Å². The van der Waals surface area contributed by atoms with Gasteiger partial charge in [-0.2, -0.15) is 5.10 Å². The standard InChI is InChI=1S/C19H24F3N3O2.ClH/c20-19(21,22)27-16-6-7-17(15-11-24-25(12-15)9-8-23)18(10-16)26-13-14-4-2-1-3-5-14;/h6-7,10-12,14H,1-5,8-9,13,23H2;1H. The first-order valence-corrected chi connectivity index (χ1v) is 9.20. The van der Waals surface area contributed by atoms with Crippen LogP contribution in [0.3, 0.4) is 0 Å². The molecule has 28 heavy (non-hydrogen) atoms. The lowest BCUT2D eigenvalue weighted by atomic mass is 9.90. The highest BCUT2D eigenvalue weighted by Gasteiger charge is 2.31. The second-order valence-corrected chi connectivity index (χ2v) is 6.80. The Balaban J connectivity index is 0.00000280. The van der Waals surface area contributed by atoms with Crippen molar-refractivity contribution in [1.82, 2.24) is 9.78 Å². The zero-order valence-corrected chi connectivity index (χ0v) is 16.3. The summed E-state index contributed by atoms with van der Waals surface area (Å²) >= 11 is 0. The highest BCUT2D eigenvalue weighted by Crippen LogP contribution is 2.36. The zero-order chi connectivity index (χ0) is 19.3. The lowest BCUT2D eigenvalue weighted by Gasteiger charge is -2.22. The minimum atomic E-state index is -4.74. The van der Waals surface area contributed by atoms with Crippen LogP contribution in [-0.4, -0.2) is 29.3 Å². The Morgan fingerprint density at radius 1 is 1.18 bits per heavy atom. The van der Waals surface area contributed by atoms with E-state index in [2.05, 4.69) is 9.84 Å². The fraction of sp³-hybridized carbons (Fsp3) is 0.526. The molecule has 2 N–H and O–H groups in total. The van der Waals surface area contributed by atoms with Gasteiger partial charge in [-0.05, 0) is 30.9 Å². The first kappa shape index (κ1) is 22.4. The van der Waals surface area contributed by atoms with E-state index < -0.39 is 6.36 Å². The summed E-state index contributed by atoms with van der Waals surface area (Å²) < 4.78 is 49.4. The Morgan fingerprint density at radius 3 is 2.61 bits per heavy atom. The van der Waals surface area contributed by atoms with E-state index in [1.165, 1.54) is 31.4 Å². The molecule has 1 aromatic carbocycles. The first-order valence-electron chi connectivity index (χ1n) is 9.20. The number of hydrogen-bond donors (Lipinski definition) is 1. The topological polar surface area (TPSA) is 62.3 Å². The van der Waals surface area contributed by atoms with Crippen LogP contribution in [0.4, 0.5) is 13.2 Å². The van der Waals surface area contributed by atoms with Gasteiger partial charge in [0.25, 0.3) is 0 Å². The molecule has 0 amide bonds. The number of rotatable bonds is 7. The predicted molar refractivity (Wildman–Crippen MR) is 103 cm³/mol. The molecule has 0 spiro atoms. The summed E-state index contributed by atoms with van der Waals surface area (Å²) in [4.78, 5) is 0. The van der Waals surface area contributed by atoms with Crippen LogP contribution in [0.25, 0.3) is 11.1 Å². The predicted octanol–water partition coefficient (Wildman–Crippen LogP) is 4.79. The fourth-order valence-corrected chi connectivity index (χ4v) is 3.38. The third-order valence-electron chi connectivity index (χ3n) is 4.69. The van der Waals surface area contributed by atoms with Gasteiger partial charge in [-0.15, -0.1) is 25.6 Å². The summed E-state index contributed by atoms with van der Waals surface area (Å²) in [6.07, 6.45) is 4.47. The van der Waals surface area contributed by atoms with Gasteiger partial charge in [0, 0.05) is 29.9 Å². The second kappa shape index (κ2) is 10.0. The van der Waals surface area contributed by atoms with Crippen molar-refractivity contribution in [3.05, 3.63) is 30.6 Å². The molecule has 0 saturated heterocycles. The summed E-state index contributed by atoms with van der Waals surface area (Å²) in [5, 5.41) is 4.23. The average molecular weight is 420 g/mol. The highest BCUT2D eigenvalue weighted by atomic mass is 35.5. The molecule has 1 aromatic heterocycles. The Labute approximate surface area is 168 Å². The van der Waals surface area contributed by atoms with E-state index in [-0.39, 0.29) is 18.2 Å². The molecule has 156 valence electrons. The summed E-state index contributed by atoms with van der Waals surface area (Å²) in [5.74, 6) is 0.507. The van der Waals surface area contributed by atoms with Crippen LogP contribution < -0.4 is 15.2 Å². The maximum atomic E-state index is 12.6. The highest BCUT2D eigenvalue weighted by molar-refractivity contribution is 5.85. The van der Waals surface area contributed by atoms with E-state index in [1.807, 2.05) is 0 Å². The normalized spacial score (nSPS) is 15.1. The van der Waals surface area contributed by atoms with Crippen molar-refractivity contribution in [2.45, 2.75) is 45.0 Å². The van der Waals surface area contributed by atoms with Gasteiger partial charge >= 0.3 is 6.36 Å². The van der Waals surface area contributed by atoms with Crippen LogP contribution in [-0.2, 0) is 6.54 Å². The number of aromatic nitrogens is 2. The maximum absolute atomic E-state index is 12.6. The summed E-state index contributed by atoms with van der Waals surface area (Å²) in [6, 6.07) is 4.16. The molecule has 5 nitrogen and oxygen atoms in total. The van der Waals surface area contributed by atoms with Crippen molar-refractivity contribution in [2.24, 2.45) is 11.7 Å². The van der Waals surface area contributed by atoms with E-state index >= 15 is 0 Å². The Bertz CT molecular complexity index is 746. The quantitative estimate of drug-likeness (QED) is 0.701. The van der Waals surface area contributed by atoms with Crippen molar-refractivity contribution >= 4 is 12.4 Å². The van der Waals surface area contributed by atoms with E-state index in [1.54, 1.807) is 23.1 Å². The number of nitrogens with zero attached hydrogens (tertiary/aromatic N) is 2. The lowest BCUT2D eigenvalue weighted by molar-refractivity contribution is -0.274. The third kappa shape index (κ3) is 6.31. The molecule has 0 atom stereocenters. The van der Waals surface area contributed by atoms with Crippen molar-refractivity contribution < 1.29 is 22.6 Å². The summed E-state index contributed by atoms with van der Waals surface area (Å²) in [5.41, 5.74) is 6.99. The number of benzene rings is 1. The van der Waals surface area contributed by atoms with Gasteiger partial charge in [0.1, 0.15) is 11.5 Å². The Morgan fingerprint density at radius 2 is 1.93 bits per heavy atom. The van der Waals surface area contributed by atoms with Crippen molar-refractivity contribution in [2.75, 3.05) is 13.2 Å². The van der Waals surface area contributed by atoms with Gasteiger partial charge in [0.15, 0.2) is 0 Å².